The average Bonchev–Trinajstić information content (AvgIpc) is 3.01. The van der Waals surface area contributed by atoms with Gasteiger partial charge in [0.15, 0.2) is 15.0 Å². The van der Waals surface area contributed by atoms with Crippen LogP contribution in [0, 0.1) is 0 Å². The molecule has 9 heteroatoms. The minimum Gasteiger partial charge on any atom is -0.497 e. The maximum atomic E-state index is 12.0. The van der Waals surface area contributed by atoms with Gasteiger partial charge in [0.05, 0.1) is 24.7 Å². The van der Waals surface area contributed by atoms with Crippen molar-refractivity contribution in [2.75, 3.05) is 32.3 Å². The van der Waals surface area contributed by atoms with Crippen LogP contribution in [0.4, 0.5) is 0 Å². The number of rotatable bonds is 5. The number of hydrogen-bond acceptors (Lipinski definition) is 6. The smallest absolute Gasteiger partial charge is 0.274 e. The molecule has 0 unspecified atom stereocenters. The molecular weight excluding hydrogens is 364 g/mol. The van der Waals surface area contributed by atoms with E-state index >= 15 is 0 Å². The topological polar surface area (TPSA) is 85.3 Å². The van der Waals surface area contributed by atoms with Crippen molar-refractivity contribution in [2.24, 2.45) is 4.99 Å². The molecule has 1 aromatic carbocycles. The molecular formula is C16H20N2O5S2. The van der Waals surface area contributed by atoms with Crippen molar-refractivity contribution in [3.63, 3.8) is 0 Å². The van der Waals surface area contributed by atoms with E-state index in [0.29, 0.717) is 11.7 Å². The first kappa shape index (κ1) is 18.2. The highest BCUT2D eigenvalue weighted by Crippen LogP contribution is 2.39. The minimum atomic E-state index is -3.06. The van der Waals surface area contributed by atoms with E-state index in [1.807, 2.05) is 29.2 Å². The largest absolute Gasteiger partial charge is 0.497 e. The zero-order valence-corrected chi connectivity index (χ0v) is 15.7. The van der Waals surface area contributed by atoms with Crippen molar-refractivity contribution in [1.29, 1.82) is 0 Å². The molecule has 0 saturated carbocycles. The van der Waals surface area contributed by atoms with E-state index < -0.39 is 9.84 Å². The molecule has 2 saturated heterocycles. The van der Waals surface area contributed by atoms with Gasteiger partial charge >= 0.3 is 0 Å². The van der Waals surface area contributed by atoms with Crippen LogP contribution in [0.5, 0.6) is 5.75 Å². The molecule has 136 valence electrons. The van der Waals surface area contributed by atoms with Crippen molar-refractivity contribution in [3.8, 4) is 5.75 Å². The third-order valence-corrected chi connectivity index (χ3v) is 7.40. The maximum Gasteiger partial charge on any atom is 0.274 e. The fourth-order valence-electron chi connectivity index (χ4n) is 3.05. The van der Waals surface area contributed by atoms with Gasteiger partial charge in [-0.25, -0.2) is 8.42 Å². The van der Waals surface area contributed by atoms with E-state index in [-0.39, 0.29) is 35.3 Å². The summed E-state index contributed by atoms with van der Waals surface area (Å²) in [6, 6.07) is 7.40. The molecule has 2 fully saturated rings. The fraction of sp³-hybridized carbons (Fsp3) is 0.500. The van der Waals surface area contributed by atoms with E-state index in [1.54, 1.807) is 7.11 Å². The lowest BCUT2D eigenvalue weighted by molar-refractivity contribution is -0.121. The maximum absolute atomic E-state index is 12.0. The molecule has 1 aromatic rings. The summed E-state index contributed by atoms with van der Waals surface area (Å²) < 4.78 is 34.0. The van der Waals surface area contributed by atoms with Gasteiger partial charge in [-0.15, -0.1) is 0 Å². The van der Waals surface area contributed by atoms with Crippen LogP contribution in [0.25, 0.3) is 0 Å². The Balaban J connectivity index is 1.87. The van der Waals surface area contributed by atoms with Crippen molar-refractivity contribution >= 4 is 32.7 Å². The van der Waals surface area contributed by atoms with Gasteiger partial charge < -0.3 is 14.4 Å². The first-order chi connectivity index (χ1) is 11.9. The Bertz CT molecular complexity index is 793. The number of aliphatic imine (C=N–C) groups is 1. The highest BCUT2D eigenvalue weighted by atomic mass is 32.2. The fourth-order valence-corrected chi connectivity index (χ4v) is 7.02. The van der Waals surface area contributed by atoms with E-state index in [1.165, 1.54) is 18.9 Å². The lowest BCUT2D eigenvalue weighted by Crippen LogP contribution is -2.37. The van der Waals surface area contributed by atoms with Crippen molar-refractivity contribution in [2.45, 2.75) is 17.8 Å². The molecule has 0 N–H and O–H groups in total. The summed E-state index contributed by atoms with van der Waals surface area (Å²) in [7, 11) is -0.0199. The van der Waals surface area contributed by atoms with Gasteiger partial charge in [0, 0.05) is 18.9 Å². The number of ether oxygens (including phenoxy) is 2. The molecule has 0 bridgehead atoms. The molecule has 1 amide bonds. The number of methoxy groups -OCH3 is 2. The third-order valence-electron chi connectivity index (χ3n) is 4.15. The number of fused-ring (bicyclic) bond motifs is 1. The van der Waals surface area contributed by atoms with E-state index in [2.05, 4.69) is 4.99 Å². The van der Waals surface area contributed by atoms with E-state index in [0.717, 1.165) is 11.3 Å². The van der Waals surface area contributed by atoms with Gasteiger partial charge in [-0.3, -0.25) is 4.79 Å². The quantitative estimate of drug-likeness (QED) is 0.747. The Morgan fingerprint density at radius 1 is 1.36 bits per heavy atom. The lowest BCUT2D eigenvalue weighted by atomic mass is 10.1. The normalized spacial score (nSPS) is 26.0. The van der Waals surface area contributed by atoms with Gasteiger partial charge in [-0.05, 0) is 17.7 Å². The molecule has 2 aliphatic rings. The van der Waals surface area contributed by atoms with Crippen LogP contribution in [-0.2, 0) is 25.9 Å². The number of carbonyl (C=O) groups excluding carboxylic acids is 1. The number of sulfone groups is 1. The van der Waals surface area contributed by atoms with E-state index in [9.17, 15) is 13.2 Å². The van der Waals surface area contributed by atoms with Gasteiger partial charge in [0.1, 0.15) is 12.4 Å². The first-order valence-electron chi connectivity index (χ1n) is 7.79. The van der Waals surface area contributed by atoms with Gasteiger partial charge in [0.25, 0.3) is 5.91 Å². The zero-order chi connectivity index (χ0) is 18.0. The van der Waals surface area contributed by atoms with Crippen LogP contribution in [0.1, 0.15) is 5.56 Å². The Labute approximate surface area is 151 Å². The van der Waals surface area contributed by atoms with Crippen LogP contribution in [0.3, 0.4) is 0 Å². The summed E-state index contributed by atoms with van der Waals surface area (Å²) >= 11 is 1.36. The highest BCUT2D eigenvalue weighted by Gasteiger charge is 2.48. The Hall–Kier alpha value is -1.58. The van der Waals surface area contributed by atoms with Crippen molar-refractivity contribution < 1.29 is 22.7 Å². The van der Waals surface area contributed by atoms with Crippen molar-refractivity contribution in [3.05, 3.63) is 29.8 Å². The number of carbonyl (C=O) groups is 1. The number of benzene rings is 1. The Morgan fingerprint density at radius 2 is 2.16 bits per heavy atom. The first-order valence-corrected chi connectivity index (χ1v) is 10.5. The van der Waals surface area contributed by atoms with Crippen LogP contribution >= 0.6 is 11.8 Å². The molecule has 2 heterocycles. The molecule has 2 atom stereocenters. The molecule has 0 radical (unpaired) electrons. The summed E-state index contributed by atoms with van der Waals surface area (Å²) in [5.41, 5.74) is 0.969. The molecule has 7 nitrogen and oxygen atoms in total. The summed E-state index contributed by atoms with van der Waals surface area (Å²) in [5.74, 6) is 0.568. The second-order valence-corrected chi connectivity index (χ2v) is 9.36. The minimum absolute atomic E-state index is 0.0894. The second-order valence-electron chi connectivity index (χ2n) is 6.00. The molecule has 0 aromatic heterocycles. The zero-order valence-electron chi connectivity index (χ0n) is 14.0. The number of amidine groups is 1. The van der Waals surface area contributed by atoms with Gasteiger partial charge in [0.2, 0.25) is 0 Å². The monoisotopic (exact) mass is 384 g/mol. The molecule has 0 spiro atoms. The number of hydrogen-bond donors (Lipinski definition) is 0. The van der Waals surface area contributed by atoms with Gasteiger partial charge in [-0.1, -0.05) is 23.9 Å². The summed E-state index contributed by atoms with van der Waals surface area (Å²) in [4.78, 5) is 17.9. The second kappa shape index (κ2) is 7.35. The number of thioether (sulfide) groups is 1. The van der Waals surface area contributed by atoms with Gasteiger partial charge in [-0.2, -0.15) is 4.99 Å². The summed E-state index contributed by atoms with van der Waals surface area (Å²) in [6.45, 7) is 0.380. The predicted octanol–water partition coefficient (Wildman–Crippen LogP) is 0.939. The van der Waals surface area contributed by atoms with Crippen LogP contribution < -0.4 is 4.74 Å². The van der Waals surface area contributed by atoms with E-state index in [4.69, 9.17) is 9.47 Å². The highest BCUT2D eigenvalue weighted by molar-refractivity contribution is 8.15. The summed E-state index contributed by atoms with van der Waals surface area (Å²) in [5, 5.41) is 0.472. The standard InChI is InChI=1S/C16H20N2O5S2/c1-22-8-15(19)17-16-18(7-11-4-3-5-12(6-11)23-2)13-9-25(20,21)10-14(13)24-16/h3-6,13-14H,7-10H2,1-2H3/t13-,14-/m1/s1. The van der Waals surface area contributed by atoms with Crippen LogP contribution in [-0.4, -0.2) is 68.0 Å². The van der Waals surface area contributed by atoms with Crippen molar-refractivity contribution in [1.82, 2.24) is 4.90 Å². The molecule has 2 aliphatic heterocycles. The Kier molecular flexibility index (Phi) is 5.35. The Morgan fingerprint density at radius 3 is 2.88 bits per heavy atom. The summed E-state index contributed by atoms with van der Waals surface area (Å²) in [6.07, 6.45) is 0. The third kappa shape index (κ3) is 4.16. The lowest BCUT2D eigenvalue weighted by Gasteiger charge is -2.24. The molecule has 0 aliphatic carbocycles. The average molecular weight is 384 g/mol. The number of amides is 1. The predicted molar refractivity (Wildman–Crippen MR) is 96.7 cm³/mol. The molecule has 3 rings (SSSR count). The van der Waals surface area contributed by atoms with Crippen LogP contribution in [0.15, 0.2) is 29.3 Å². The SMILES string of the molecule is COCC(=O)N=C1S[C@@H]2CS(=O)(=O)C[C@H]2N1Cc1cccc(OC)c1. The molecule has 25 heavy (non-hydrogen) atoms. The van der Waals surface area contributed by atoms with Crippen LogP contribution in [0.2, 0.25) is 0 Å². The number of nitrogens with zero attached hydrogens (tertiary/aromatic N) is 2.